The first kappa shape index (κ1) is 14.9. The van der Waals surface area contributed by atoms with E-state index < -0.39 is 0 Å². The second-order valence-corrected chi connectivity index (χ2v) is 7.36. The van der Waals surface area contributed by atoms with Crippen LogP contribution in [0.1, 0.15) is 0 Å². The molecule has 3 aromatic heterocycles. The van der Waals surface area contributed by atoms with E-state index in [1.54, 1.807) is 12.4 Å². The highest BCUT2D eigenvalue weighted by molar-refractivity contribution is 6.17. The summed E-state index contributed by atoms with van der Waals surface area (Å²) in [5.74, 6) is 0. The summed E-state index contributed by atoms with van der Waals surface area (Å²) in [5.41, 5.74) is 7.69. The summed E-state index contributed by atoms with van der Waals surface area (Å²) in [7, 11) is 0. The lowest BCUT2D eigenvalue weighted by Gasteiger charge is -2.12. The third-order valence-corrected chi connectivity index (χ3v) is 5.94. The molecule has 0 aliphatic heterocycles. The van der Waals surface area contributed by atoms with Crippen LogP contribution in [0.15, 0.2) is 85.5 Å². The van der Waals surface area contributed by atoms with E-state index in [1.807, 2.05) is 12.4 Å². The molecule has 6 aromatic rings. The topological polar surface area (TPSA) is 43.6 Å². The van der Waals surface area contributed by atoms with Crippen LogP contribution in [0.2, 0.25) is 0 Å². The minimum absolute atomic E-state index is 0.967. The van der Waals surface area contributed by atoms with Crippen molar-refractivity contribution < 1.29 is 0 Å². The minimum Gasteiger partial charge on any atom is -0.307 e. The average Bonchev–Trinajstić information content (AvgIpc) is 3.29. The van der Waals surface area contributed by atoms with E-state index in [-0.39, 0.29) is 0 Å². The van der Waals surface area contributed by atoms with Gasteiger partial charge in [-0.15, -0.1) is 0 Å². The highest BCUT2D eigenvalue weighted by Gasteiger charge is 2.25. The van der Waals surface area contributed by atoms with Gasteiger partial charge in [0.15, 0.2) is 0 Å². The van der Waals surface area contributed by atoms with Crippen LogP contribution < -0.4 is 0 Å². The maximum absolute atomic E-state index is 4.61. The Balaban J connectivity index is 1.67. The van der Waals surface area contributed by atoms with Gasteiger partial charge in [-0.25, -0.2) is 0 Å². The third kappa shape index (κ3) is 1.81. The second-order valence-electron chi connectivity index (χ2n) is 7.36. The largest absolute Gasteiger partial charge is 0.307 e. The Bertz CT molecular complexity index is 1530. The van der Waals surface area contributed by atoms with E-state index in [4.69, 9.17) is 0 Å². The van der Waals surface area contributed by atoms with Gasteiger partial charge in [0.1, 0.15) is 0 Å². The number of rotatable bonds is 1. The molecule has 134 valence electrons. The molecule has 0 saturated carbocycles. The summed E-state index contributed by atoms with van der Waals surface area (Å²) < 4.78 is 2.32. The van der Waals surface area contributed by atoms with Crippen molar-refractivity contribution in [2.75, 3.05) is 0 Å². The van der Waals surface area contributed by atoms with Crippen molar-refractivity contribution in [1.82, 2.24) is 19.5 Å². The van der Waals surface area contributed by atoms with Gasteiger partial charge in [0.05, 0.1) is 34.3 Å². The SMILES string of the molecule is c1cc2c3c(ccc(-n4c5ccccc5c5ccncc54)c3c1)-c1nccnc1-2. The van der Waals surface area contributed by atoms with Gasteiger partial charge in [-0.3, -0.25) is 15.0 Å². The predicted molar refractivity (Wildman–Crippen MR) is 116 cm³/mol. The van der Waals surface area contributed by atoms with E-state index >= 15 is 0 Å². The standard InChI is InChI=1S/C25H14N4/c1-2-7-20-15(4-1)16-10-11-26-14-22(16)29(20)21-9-8-19-23-17(21)5-3-6-18(23)24-25(19)28-13-12-27-24/h1-14H. The zero-order chi connectivity index (χ0) is 18.9. The number of hydrogen-bond donors (Lipinski definition) is 0. The first-order valence-electron chi connectivity index (χ1n) is 9.63. The molecule has 0 fully saturated rings. The Hall–Kier alpha value is -4.05. The Labute approximate surface area is 166 Å². The summed E-state index contributed by atoms with van der Waals surface area (Å²) in [6.07, 6.45) is 7.35. The molecule has 0 unspecified atom stereocenters. The first-order valence-corrected chi connectivity index (χ1v) is 9.63. The van der Waals surface area contributed by atoms with Crippen LogP contribution in [0.25, 0.3) is 60.8 Å². The van der Waals surface area contributed by atoms with Crippen molar-refractivity contribution in [2.24, 2.45) is 0 Å². The zero-order valence-corrected chi connectivity index (χ0v) is 15.4. The van der Waals surface area contributed by atoms with Gasteiger partial charge in [0, 0.05) is 51.3 Å². The fourth-order valence-electron chi connectivity index (χ4n) is 4.79. The molecule has 4 heteroatoms. The molecule has 1 aliphatic rings. The van der Waals surface area contributed by atoms with E-state index in [1.165, 1.54) is 27.1 Å². The maximum atomic E-state index is 4.61. The van der Waals surface area contributed by atoms with Gasteiger partial charge >= 0.3 is 0 Å². The van der Waals surface area contributed by atoms with Gasteiger partial charge in [0.2, 0.25) is 0 Å². The molecule has 4 nitrogen and oxygen atoms in total. The number of aromatic nitrogens is 4. The molecule has 7 rings (SSSR count). The highest BCUT2D eigenvalue weighted by Crippen LogP contribution is 2.47. The van der Waals surface area contributed by atoms with Crippen LogP contribution in [0.4, 0.5) is 0 Å². The van der Waals surface area contributed by atoms with Gasteiger partial charge < -0.3 is 4.57 Å². The third-order valence-electron chi connectivity index (χ3n) is 5.94. The fraction of sp³-hybridized carbons (Fsp3) is 0. The molecule has 0 amide bonds. The second kappa shape index (κ2) is 5.26. The molecule has 3 aromatic carbocycles. The number of nitrogens with zero attached hydrogens (tertiary/aromatic N) is 4. The molecular formula is C25H14N4. The predicted octanol–water partition coefficient (Wildman–Crippen LogP) is 5.77. The Morgan fingerprint density at radius 1 is 0.586 bits per heavy atom. The highest BCUT2D eigenvalue weighted by atomic mass is 15.0. The molecule has 0 saturated heterocycles. The summed E-state index contributed by atoms with van der Waals surface area (Å²) in [5, 5.41) is 4.87. The van der Waals surface area contributed by atoms with Crippen molar-refractivity contribution in [3.63, 3.8) is 0 Å². The minimum atomic E-state index is 0.967. The molecule has 3 heterocycles. The first-order chi connectivity index (χ1) is 14.4. The molecule has 1 aliphatic carbocycles. The number of benzene rings is 3. The van der Waals surface area contributed by atoms with Gasteiger partial charge in [-0.2, -0.15) is 0 Å². The van der Waals surface area contributed by atoms with Crippen molar-refractivity contribution in [3.8, 4) is 28.2 Å². The van der Waals surface area contributed by atoms with Gasteiger partial charge in [0.25, 0.3) is 0 Å². The van der Waals surface area contributed by atoms with E-state index in [0.717, 1.165) is 33.7 Å². The molecule has 0 atom stereocenters. The normalized spacial score (nSPS) is 12.1. The van der Waals surface area contributed by atoms with Crippen molar-refractivity contribution >= 4 is 32.6 Å². The summed E-state index contributed by atoms with van der Waals surface area (Å²) >= 11 is 0. The molecule has 0 radical (unpaired) electrons. The quantitative estimate of drug-likeness (QED) is 0.368. The number of pyridine rings is 1. The molecule has 29 heavy (non-hydrogen) atoms. The van der Waals surface area contributed by atoms with Crippen molar-refractivity contribution in [1.29, 1.82) is 0 Å². The van der Waals surface area contributed by atoms with E-state index in [2.05, 4.69) is 80.2 Å². The summed E-state index contributed by atoms with van der Waals surface area (Å²) in [4.78, 5) is 13.6. The van der Waals surface area contributed by atoms with Crippen LogP contribution in [0.5, 0.6) is 0 Å². The van der Waals surface area contributed by atoms with Crippen LogP contribution in [0.3, 0.4) is 0 Å². The van der Waals surface area contributed by atoms with Gasteiger partial charge in [-0.05, 0) is 24.3 Å². The van der Waals surface area contributed by atoms with Crippen molar-refractivity contribution in [3.05, 3.63) is 85.5 Å². The lowest BCUT2D eigenvalue weighted by Crippen LogP contribution is -1.96. The summed E-state index contributed by atoms with van der Waals surface area (Å²) in [6, 6.07) is 21.5. The molecule has 0 spiro atoms. The zero-order valence-electron chi connectivity index (χ0n) is 15.4. The van der Waals surface area contributed by atoms with Crippen LogP contribution in [-0.4, -0.2) is 19.5 Å². The monoisotopic (exact) mass is 370 g/mol. The Morgan fingerprint density at radius 2 is 1.34 bits per heavy atom. The van der Waals surface area contributed by atoms with E-state index in [0.29, 0.717) is 0 Å². The molecular weight excluding hydrogens is 356 g/mol. The summed E-state index contributed by atoms with van der Waals surface area (Å²) in [6.45, 7) is 0. The smallest absolute Gasteiger partial charge is 0.0971 e. The number of hydrogen-bond acceptors (Lipinski definition) is 3. The van der Waals surface area contributed by atoms with Crippen LogP contribution in [-0.2, 0) is 0 Å². The number of fused-ring (bicyclic) bond motifs is 6. The molecule has 0 N–H and O–H groups in total. The lowest BCUT2D eigenvalue weighted by molar-refractivity contribution is 1.18. The van der Waals surface area contributed by atoms with E-state index in [9.17, 15) is 0 Å². The Kier molecular flexibility index (Phi) is 2.71. The van der Waals surface area contributed by atoms with Crippen molar-refractivity contribution in [2.45, 2.75) is 0 Å². The van der Waals surface area contributed by atoms with Gasteiger partial charge in [-0.1, -0.05) is 36.4 Å². The lowest BCUT2D eigenvalue weighted by atomic mass is 10.0. The molecule has 0 bridgehead atoms. The Morgan fingerprint density at radius 3 is 2.24 bits per heavy atom. The fourth-order valence-corrected chi connectivity index (χ4v) is 4.79. The van der Waals surface area contributed by atoms with Crippen LogP contribution >= 0.6 is 0 Å². The number of para-hydroxylation sites is 1. The average molecular weight is 370 g/mol. The maximum Gasteiger partial charge on any atom is 0.0971 e. The van der Waals surface area contributed by atoms with Crippen LogP contribution in [0, 0.1) is 0 Å².